The summed E-state index contributed by atoms with van der Waals surface area (Å²) in [6.07, 6.45) is 2.11. The third-order valence-corrected chi connectivity index (χ3v) is 4.29. The summed E-state index contributed by atoms with van der Waals surface area (Å²) in [5.74, 6) is 1.75. The van der Waals surface area contributed by atoms with E-state index in [2.05, 4.69) is 6.92 Å². The molecule has 0 saturated carbocycles. The largest absolute Gasteiger partial charge is 0.490 e. The molecule has 2 aliphatic heterocycles. The van der Waals surface area contributed by atoms with Crippen LogP contribution >= 0.6 is 11.6 Å². The van der Waals surface area contributed by atoms with Gasteiger partial charge in [0.2, 0.25) is 0 Å². The Morgan fingerprint density at radius 1 is 1.25 bits per heavy atom. The number of hydrogen-bond acceptors (Lipinski definition) is 4. The second-order valence-corrected chi connectivity index (χ2v) is 5.94. The quantitative estimate of drug-likeness (QED) is 0.912. The van der Waals surface area contributed by atoms with Gasteiger partial charge in [-0.1, -0.05) is 11.6 Å². The molecule has 5 heteroatoms. The van der Waals surface area contributed by atoms with Crippen molar-refractivity contribution in [2.75, 3.05) is 19.8 Å². The molecule has 3 atom stereocenters. The zero-order chi connectivity index (χ0) is 14.1. The van der Waals surface area contributed by atoms with Crippen molar-refractivity contribution in [3.63, 3.8) is 0 Å². The van der Waals surface area contributed by atoms with Crippen LogP contribution in [0, 0.1) is 5.92 Å². The normalized spacial score (nSPS) is 27.1. The van der Waals surface area contributed by atoms with Gasteiger partial charge in [0, 0.05) is 29.5 Å². The van der Waals surface area contributed by atoms with Crippen molar-refractivity contribution in [1.29, 1.82) is 0 Å². The van der Waals surface area contributed by atoms with E-state index in [-0.39, 0.29) is 12.1 Å². The van der Waals surface area contributed by atoms with E-state index < -0.39 is 0 Å². The zero-order valence-corrected chi connectivity index (χ0v) is 12.4. The molecule has 1 fully saturated rings. The molecule has 0 spiro atoms. The summed E-state index contributed by atoms with van der Waals surface area (Å²) in [6.45, 7) is 4.07. The fraction of sp³-hybridized carbons (Fsp3) is 0.600. The summed E-state index contributed by atoms with van der Waals surface area (Å²) >= 11 is 6.37. The first-order valence-electron chi connectivity index (χ1n) is 7.11. The van der Waals surface area contributed by atoms with Gasteiger partial charge in [-0.2, -0.15) is 0 Å². The average Bonchev–Trinajstić information content (AvgIpc) is 2.73. The molecule has 0 amide bonds. The highest BCUT2D eigenvalue weighted by atomic mass is 35.5. The summed E-state index contributed by atoms with van der Waals surface area (Å²) in [5, 5.41) is 0.640. The van der Waals surface area contributed by atoms with Crippen LogP contribution in [0.2, 0.25) is 5.02 Å². The predicted octanol–water partition coefficient (Wildman–Crippen LogP) is 2.93. The number of fused-ring (bicyclic) bond motifs is 1. The highest BCUT2D eigenvalue weighted by Gasteiger charge is 2.30. The first kappa shape index (κ1) is 14.0. The second kappa shape index (κ2) is 5.80. The first-order chi connectivity index (χ1) is 9.65. The Morgan fingerprint density at radius 2 is 1.95 bits per heavy atom. The number of ether oxygens (including phenoxy) is 3. The van der Waals surface area contributed by atoms with Crippen molar-refractivity contribution in [3.8, 4) is 11.5 Å². The van der Waals surface area contributed by atoms with Gasteiger partial charge in [0.25, 0.3) is 0 Å². The van der Waals surface area contributed by atoms with E-state index >= 15 is 0 Å². The first-order valence-corrected chi connectivity index (χ1v) is 7.49. The van der Waals surface area contributed by atoms with Crippen LogP contribution in [0.4, 0.5) is 0 Å². The lowest BCUT2D eigenvalue weighted by Gasteiger charge is -2.21. The average molecular weight is 298 g/mol. The summed E-state index contributed by atoms with van der Waals surface area (Å²) in [6, 6.07) is 3.61. The Bertz CT molecular complexity index is 494. The third-order valence-electron chi connectivity index (χ3n) is 3.96. The Hall–Kier alpha value is -0.970. The second-order valence-electron chi connectivity index (χ2n) is 5.54. The Labute approximate surface area is 124 Å². The molecule has 1 saturated heterocycles. The van der Waals surface area contributed by atoms with Crippen LogP contribution in [0.3, 0.4) is 0 Å². The Balaban J connectivity index is 1.87. The van der Waals surface area contributed by atoms with Crippen LogP contribution < -0.4 is 15.2 Å². The van der Waals surface area contributed by atoms with Gasteiger partial charge in [0.1, 0.15) is 0 Å². The summed E-state index contributed by atoms with van der Waals surface area (Å²) < 4.78 is 16.9. The van der Waals surface area contributed by atoms with E-state index in [0.29, 0.717) is 36.5 Å². The van der Waals surface area contributed by atoms with E-state index in [1.807, 2.05) is 12.1 Å². The number of halogens is 1. The van der Waals surface area contributed by atoms with Gasteiger partial charge >= 0.3 is 0 Å². The van der Waals surface area contributed by atoms with E-state index in [0.717, 1.165) is 24.2 Å². The third kappa shape index (κ3) is 2.73. The van der Waals surface area contributed by atoms with Gasteiger partial charge < -0.3 is 19.9 Å². The molecule has 1 aromatic rings. The van der Waals surface area contributed by atoms with Crippen molar-refractivity contribution in [3.05, 3.63) is 22.7 Å². The summed E-state index contributed by atoms with van der Waals surface area (Å²) in [4.78, 5) is 0. The smallest absolute Gasteiger partial charge is 0.162 e. The highest BCUT2D eigenvalue weighted by molar-refractivity contribution is 6.31. The minimum absolute atomic E-state index is 0.135. The molecule has 1 aromatic carbocycles. The van der Waals surface area contributed by atoms with Gasteiger partial charge in [-0.3, -0.25) is 0 Å². The molecule has 0 aromatic heterocycles. The zero-order valence-electron chi connectivity index (χ0n) is 11.6. The molecular weight excluding hydrogens is 278 g/mol. The van der Waals surface area contributed by atoms with Crippen LogP contribution in [0.5, 0.6) is 11.5 Å². The topological polar surface area (TPSA) is 53.7 Å². The van der Waals surface area contributed by atoms with Crippen molar-refractivity contribution in [2.45, 2.75) is 31.9 Å². The minimum atomic E-state index is -0.135. The Morgan fingerprint density at radius 3 is 2.60 bits per heavy atom. The molecule has 20 heavy (non-hydrogen) atoms. The van der Waals surface area contributed by atoms with Crippen LogP contribution in [-0.2, 0) is 4.74 Å². The lowest BCUT2D eigenvalue weighted by atomic mass is 9.91. The van der Waals surface area contributed by atoms with Gasteiger partial charge in [0.15, 0.2) is 11.5 Å². The Kier molecular flexibility index (Phi) is 4.06. The highest BCUT2D eigenvalue weighted by Crippen LogP contribution is 2.40. The molecule has 110 valence electrons. The van der Waals surface area contributed by atoms with Crippen LogP contribution in [0.15, 0.2) is 12.1 Å². The minimum Gasteiger partial charge on any atom is -0.490 e. The fourth-order valence-corrected chi connectivity index (χ4v) is 3.09. The van der Waals surface area contributed by atoms with Crippen molar-refractivity contribution in [2.24, 2.45) is 11.7 Å². The van der Waals surface area contributed by atoms with Gasteiger partial charge in [0.05, 0.1) is 25.9 Å². The summed E-state index contributed by atoms with van der Waals surface area (Å²) in [7, 11) is 0. The molecule has 0 radical (unpaired) electrons. The van der Waals surface area contributed by atoms with Crippen LogP contribution in [-0.4, -0.2) is 25.9 Å². The lowest BCUT2D eigenvalue weighted by Crippen LogP contribution is -2.22. The molecule has 3 rings (SSSR count). The molecule has 0 bridgehead atoms. The van der Waals surface area contributed by atoms with E-state index in [1.165, 1.54) is 0 Å². The van der Waals surface area contributed by atoms with Crippen molar-refractivity contribution in [1.82, 2.24) is 0 Å². The van der Waals surface area contributed by atoms with Crippen molar-refractivity contribution < 1.29 is 14.2 Å². The molecule has 3 unspecified atom stereocenters. The number of benzene rings is 1. The van der Waals surface area contributed by atoms with E-state index in [9.17, 15) is 0 Å². The predicted molar refractivity (Wildman–Crippen MR) is 77.5 cm³/mol. The van der Waals surface area contributed by atoms with Crippen LogP contribution in [0.1, 0.15) is 31.4 Å². The maximum atomic E-state index is 6.37. The maximum absolute atomic E-state index is 6.37. The SMILES string of the molecule is CC1CC(C(N)c2cc3c(cc2Cl)OCCCO3)CO1. The molecule has 2 heterocycles. The van der Waals surface area contributed by atoms with E-state index in [4.69, 9.17) is 31.5 Å². The molecular formula is C15H20ClNO3. The lowest BCUT2D eigenvalue weighted by molar-refractivity contribution is 0.118. The van der Waals surface area contributed by atoms with Gasteiger partial charge in [-0.05, 0) is 25.0 Å². The number of nitrogens with two attached hydrogens (primary N) is 1. The monoisotopic (exact) mass is 297 g/mol. The van der Waals surface area contributed by atoms with Gasteiger partial charge in [-0.15, -0.1) is 0 Å². The maximum Gasteiger partial charge on any atom is 0.162 e. The van der Waals surface area contributed by atoms with Gasteiger partial charge in [-0.25, -0.2) is 0 Å². The molecule has 0 aliphatic carbocycles. The van der Waals surface area contributed by atoms with Crippen molar-refractivity contribution >= 4 is 11.6 Å². The summed E-state index contributed by atoms with van der Waals surface area (Å²) in [5.41, 5.74) is 7.29. The molecule has 4 nitrogen and oxygen atoms in total. The number of hydrogen-bond donors (Lipinski definition) is 1. The van der Waals surface area contributed by atoms with E-state index in [1.54, 1.807) is 0 Å². The number of rotatable bonds is 2. The van der Waals surface area contributed by atoms with Crippen LogP contribution in [0.25, 0.3) is 0 Å². The molecule has 2 N–H and O–H groups in total. The molecule has 2 aliphatic rings. The standard InChI is InChI=1S/C15H20ClNO3/c1-9-5-10(8-20-9)15(17)11-6-13-14(7-12(11)16)19-4-2-3-18-13/h6-7,9-10,15H,2-5,8,17H2,1H3. The fourth-order valence-electron chi connectivity index (χ4n) is 2.81.